The van der Waals surface area contributed by atoms with Crippen LogP contribution in [0.4, 0.5) is 5.69 Å². The van der Waals surface area contributed by atoms with Crippen molar-refractivity contribution in [1.29, 1.82) is 0 Å². The third kappa shape index (κ3) is 2.69. The Labute approximate surface area is 123 Å². The van der Waals surface area contributed by atoms with E-state index in [2.05, 4.69) is 76.3 Å². The predicted octanol–water partition coefficient (Wildman–Crippen LogP) is 5.10. The molecule has 2 heteroatoms. The number of aryl methyl sites for hydroxylation is 1. The molecule has 1 aliphatic heterocycles. The number of rotatable bonds is 2. The molecule has 0 radical (unpaired) electrons. The fourth-order valence-electron chi connectivity index (χ4n) is 2.94. The van der Waals surface area contributed by atoms with Crippen molar-refractivity contribution in [3.8, 4) is 0 Å². The van der Waals surface area contributed by atoms with Crippen LogP contribution in [0.25, 0.3) is 0 Å². The highest BCUT2D eigenvalue weighted by atomic mass is 79.9. The first-order valence-electron chi connectivity index (χ1n) is 6.83. The second-order valence-corrected chi connectivity index (χ2v) is 6.16. The van der Waals surface area contributed by atoms with Crippen molar-refractivity contribution < 1.29 is 0 Å². The monoisotopic (exact) mass is 315 g/mol. The Hall–Kier alpha value is -1.28. The van der Waals surface area contributed by atoms with Crippen LogP contribution < -0.4 is 4.90 Å². The highest BCUT2D eigenvalue weighted by molar-refractivity contribution is 9.10. The SMILES string of the molecule is Cc1cccc(N2CCCC2c2cccc(Br)c2)c1. The van der Waals surface area contributed by atoms with Gasteiger partial charge < -0.3 is 4.90 Å². The number of hydrogen-bond donors (Lipinski definition) is 0. The molecule has 0 spiro atoms. The molecule has 0 aromatic heterocycles. The van der Waals surface area contributed by atoms with Crippen molar-refractivity contribution in [2.24, 2.45) is 0 Å². The van der Waals surface area contributed by atoms with E-state index in [9.17, 15) is 0 Å². The summed E-state index contributed by atoms with van der Waals surface area (Å²) >= 11 is 3.58. The van der Waals surface area contributed by atoms with Gasteiger partial charge in [0.05, 0.1) is 6.04 Å². The first-order chi connectivity index (χ1) is 9.24. The molecular weight excluding hydrogens is 298 g/mol. The molecule has 0 bridgehead atoms. The van der Waals surface area contributed by atoms with E-state index in [1.54, 1.807) is 0 Å². The molecule has 1 aliphatic rings. The fraction of sp³-hybridized carbons (Fsp3) is 0.294. The Morgan fingerprint density at radius 1 is 1.11 bits per heavy atom. The third-order valence-corrected chi connectivity index (χ3v) is 4.31. The second kappa shape index (κ2) is 5.38. The molecular formula is C17H18BrN. The summed E-state index contributed by atoms with van der Waals surface area (Å²) in [6.45, 7) is 3.31. The van der Waals surface area contributed by atoms with Crippen molar-refractivity contribution in [2.45, 2.75) is 25.8 Å². The lowest BCUT2D eigenvalue weighted by atomic mass is 10.0. The zero-order valence-corrected chi connectivity index (χ0v) is 12.7. The second-order valence-electron chi connectivity index (χ2n) is 5.25. The Morgan fingerprint density at radius 3 is 2.74 bits per heavy atom. The maximum Gasteiger partial charge on any atom is 0.0543 e. The molecule has 2 aromatic carbocycles. The summed E-state index contributed by atoms with van der Waals surface area (Å²) in [6.07, 6.45) is 2.51. The van der Waals surface area contributed by atoms with Gasteiger partial charge in [0.15, 0.2) is 0 Å². The number of nitrogens with zero attached hydrogens (tertiary/aromatic N) is 1. The van der Waals surface area contributed by atoms with Gasteiger partial charge in [-0.3, -0.25) is 0 Å². The number of anilines is 1. The van der Waals surface area contributed by atoms with E-state index < -0.39 is 0 Å². The lowest BCUT2D eigenvalue weighted by Crippen LogP contribution is -2.22. The first kappa shape index (κ1) is 12.7. The van der Waals surface area contributed by atoms with Crippen molar-refractivity contribution >= 4 is 21.6 Å². The van der Waals surface area contributed by atoms with Crippen molar-refractivity contribution in [3.63, 3.8) is 0 Å². The largest absolute Gasteiger partial charge is 0.364 e. The summed E-state index contributed by atoms with van der Waals surface area (Å²) in [4.78, 5) is 2.54. The van der Waals surface area contributed by atoms with Gasteiger partial charge in [-0.2, -0.15) is 0 Å². The molecule has 0 saturated carbocycles. The Bertz CT molecular complexity index is 527. The first-order valence-corrected chi connectivity index (χ1v) is 7.62. The number of benzene rings is 2. The molecule has 1 unspecified atom stereocenters. The van der Waals surface area contributed by atoms with Crippen LogP contribution in [0.5, 0.6) is 0 Å². The van der Waals surface area contributed by atoms with E-state index >= 15 is 0 Å². The van der Waals surface area contributed by atoms with Crippen molar-refractivity contribution in [3.05, 3.63) is 64.1 Å². The van der Waals surface area contributed by atoms with Crippen LogP contribution in [0.1, 0.15) is 30.0 Å². The van der Waals surface area contributed by atoms with Gasteiger partial charge in [-0.1, -0.05) is 40.2 Å². The summed E-state index contributed by atoms with van der Waals surface area (Å²) < 4.78 is 1.17. The average Bonchev–Trinajstić information content (AvgIpc) is 2.88. The Kier molecular flexibility index (Phi) is 3.61. The van der Waals surface area contributed by atoms with Gasteiger partial charge in [0.2, 0.25) is 0 Å². The van der Waals surface area contributed by atoms with E-state index in [0.29, 0.717) is 6.04 Å². The van der Waals surface area contributed by atoms with Crippen LogP contribution in [-0.4, -0.2) is 6.54 Å². The van der Waals surface area contributed by atoms with Crippen LogP contribution in [0.2, 0.25) is 0 Å². The summed E-state index contributed by atoms with van der Waals surface area (Å²) in [5.74, 6) is 0. The highest BCUT2D eigenvalue weighted by Crippen LogP contribution is 2.36. The standard InChI is InChI=1S/C17H18BrN/c1-13-5-2-8-16(11-13)19-10-4-9-17(19)14-6-3-7-15(18)12-14/h2-3,5-8,11-12,17H,4,9-10H2,1H3. The van der Waals surface area contributed by atoms with Crippen LogP contribution in [-0.2, 0) is 0 Å². The lowest BCUT2D eigenvalue weighted by Gasteiger charge is -2.27. The van der Waals surface area contributed by atoms with Crippen LogP contribution in [0.15, 0.2) is 53.0 Å². The minimum Gasteiger partial charge on any atom is -0.364 e. The Balaban J connectivity index is 1.93. The molecule has 0 amide bonds. The topological polar surface area (TPSA) is 3.24 Å². The van der Waals surface area contributed by atoms with E-state index in [-0.39, 0.29) is 0 Å². The van der Waals surface area contributed by atoms with Gasteiger partial charge in [0, 0.05) is 16.7 Å². The quantitative estimate of drug-likeness (QED) is 0.745. The summed E-state index contributed by atoms with van der Waals surface area (Å²) in [7, 11) is 0. The normalized spacial score (nSPS) is 18.8. The van der Waals surface area contributed by atoms with E-state index in [0.717, 1.165) is 6.54 Å². The average molecular weight is 316 g/mol. The highest BCUT2D eigenvalue weighted by Gasteiger charge is 2.26. The molecule has 0 N–H and O–H groups in total. The third-order valence-electron chi connectivity index (χ3n) is 3.82. The Morgan fingerprint density at radius 2 is 1.95 bits per heavy atom. The van der Waals surface area contributed by atoms with E-state index in [1.165, 1.54) is 34.1 Å². The molecule has 2 aromatic rings. The summed E-state index contributed by atoms with van der Waals surface area (Å²) in [5, 5.41) is 0. The number of hydrogen-bond acceptors (Lipinski definition) is 1. The van der Waals surface area contributed by atoms with Crippen LogP contribution >= 0.6 is 15.9 Å². The summed E-state index contributed by atoms with van der Waals surface area (Å²) in [5.41, 5.74) is 4.09. The van der Waals surface area contributed by atoms with Gasteiger partial charge in [0.1, 0.15) is 0 Å². The molecule has 98 valence electrons. The van der Waals surface area contributed by atoms with Gasteiger partial charge in [-0.05, 0) is 55.2 Å². The molecule has 1 nitrogen and oxygen atoms in total. The molecule has 0 aliphatic carbocycles. The van der Waals surface area contributed by atoms with Gasteiger partial charge in [0.25, 0.3) is 0 Å². The number of halogens is 1. The molecule has 1 atom stereocenters. The smallest absolute Gasteiger partial charge is 0.0543 e. The minimum absolute atomic E-state index is 0.513. The van der Waals surface area contributed by atoms with Crippen molar-refractivity contribution in [1.82, 2.24) is 0 Å². The van der Waals surface area contributed by atoms with Crippen molar-refractivity contribution in [2.75, 3.05) is 11.4 Å². The molecule has 19 heavy (non-hydrogen) atoms. The minimum atomic E-state index is 0.513. The van der Waals surface area contributed by atoms with Gasteiger partial charge >= 0.3 is 0 Å². The molecule has 1 saturated heterocycles. The molecule has 1 heterocycles. The maximum atomic E-state index is 3.58. The fourth-order valence-corrected chi connectivity index (χ4v) is 3.36. The van der Waals surface area contributed by atoms with E-state index in [1.807, 2.05) is 0 Å². The molecule has 1 fully saturated rings. The van der Waals surface area contributed by atoms with Gasteiger partial charge in [-0.15, -0.1) is 0 Å². The lowest BCUT2D eigenvalue weighted by molar-refractivity contribution is 0.718. The zero-order chi connectivity index (χ0) is 13.2. The van der Waals surface area contributed by atoms with E-state index in [4.69, 9.17) is 0 Å². The predicted molar refractivity (Wildman–Crippen MR) is 84.6 cm³/mol. The van der Waals surface area contributed by atoms with Gasteiger partial charge in [-0.25, -0.2) is 0 Å². The summed E-state index contributed by atoms with van der Waals surface area (Å²) in [6, 6.07) is 18.1. The maximum absolute atomic E-state index is 3.58. The zero-order valence-electron chi connectivity index (χ0n) is 11.1. The van der Waals surface area contributed by atoms with Crippen LogP contribution in [0.3, 0.4) is 0 Å². The molecule has 3 rings (SSSR count). The van der Waals surface area contributed by atoms with Crippen LogP contribution in [0, 0.1) is 6.92 Å².